The van der Waals surface area contributed by atoms with Gasteiger partial charge in [0, 0.05) is 16.8 Å². The summed E-state index contributed by atoms with van der Waals surface area (Å²) < 4.78 is 13.1. The fourth-order valence-corrected chi connectivity index (χ4v) is 3.01. The van der Waals surface area contributed by atoms with Crippen molar-refractivity contribution in [3.63, 3.8) is 0 Å². The van der Waals surface area contributed by atoms with Gasteiger partial charge in [0.2, 0.25) is 5.91 Å². The van der Waals surface area contributed by atoms with E-state index in [9.17, 15) is 9.18 Å². The number of halogens is 2. The third kappa shape index (κ3) is 4.74. The molecule has 3 aromatic rings. The van der Waals surface area contributed by atoms with Crippen molar-refractivity contribution in [2.45, 2.75) is 13.3 Å². The predicted octanol–water partition coefficient (Wildman–Crippen LogP) is 4.56. The molecule has 2 aromatic heterocycles. The van der Waals surface area contributed by atoms with Crippen LogP contribution in [0.5, 0.6) is 0 Å². The number of carbonyl (C=O) groups is 1. The van der Waals surface area contributed by atoms with Crippen molar-refractivity contribution in [1.29, 1.82) is 0 Å². The molecule has 25 heavy (non-hydrogen) atoms. The largest absolute Gasteiger partial charge is 0.326 e. The average Bonchev–Trinajstić information content (AvgIpc) is 2.98. The molecule has 0 aliphatic heterocycles. The monoisotopic (exact) mass is 376 g/mol. The molecule has 0 radical (unpaired) electrons. The molecule has 0 spiro atoms. The molecule has 0 saturated heterocycles. The first-order chi connectivity index (χ1) is 12.0. The first kappa shape index (κ1) is 17.3. The topological polar surface area (TPSA) is 66.9 Å². The Labute approximate surface area is 152 Å². The molecule has 0 fully saturated rings. The van der Waals surface area contributed by atoms with Crippen LogP contribution in [0.1, 0.15) is 11.4 Å². The lowest BCUT2D eigenvalue weighted by molar-refractivity contribution is -0.115. The second-order valence-electron chi connectivity index (χ2n) is 5.29. The highest BCUT2D eigenvalue weighted by atomic mass is 35.5. The summed E-state index contributed by atoms with van der Waals surface area (Å²) in [7, 11) is 0. The zero-order valence-electron chi connectivity index (χ0n) is 13.2. The minimum absolute atomic E-state index is 0.0383. The Morgan fingerprint density at radius 3 is 2.88 bits per heavy atom. The van der Waals surface area contributed by atoms with Crippen LogP contribution < -0.4 is 10.6 Å². The van der Waals surface area contributed by atoms with Crippen molar-refractivity contribution < 1.29 is 9.18 Å². The van der Waals surface area contributed by atoms with E-state index in [1.165, 1.54) is 29.5 Å². The Hall–Kier alpha value is -2.51. The molecule has 5 nitrogen and oxygen atoms in total. The third-order valence-corrected chi connectivity index (χ3v) is 4.32. The number of thiazole rings is 1. The molecule has 0 atom stereocenters. The number of nitrogens with one attached hydrogen (secondary N) is 2. The van der Waals surface area contributed by atoms with Crippen LogP contribution in [0.4, 0.5) is 21.0 Å². The Morgan fingerprint density at radius 2 is 2.12 bits per heavy atom. The number of amides is 1. The standard InChI is InChI=1S/C17H14ClFN4OS/c1-10-3-2-4-15(20-10)23-17-22-12(9-25-17)8-16(24)21-11-5-6-14(19)13(18)7-11/h2-7,9H,8H2,1H3,(H,21,24)(H,20,22,23). The number of carbonyl (C=O) groups excluding carboxylic acids is 1. The highest BCUT2D eigenvalue weighted by molar-refractivity contribution is 7.13. The van der Waals surface area contributed by atoms with Crippen LogP contribution in [0.25, 0.3) is 0 Å². The van der Waals surface area contributed by atoms with E-state index >= 15 is 0 Å². The van der Waals surface area contributed by atoms with E-state index in [0.717, 1.165) is 5.69 Å². The van der Waals surface area contributed by atoms with Crippen LogP contribution in [0.2, 0.25) is 5.02 Å². The van der Waals surface area contributed by atoms with Crippen molar-refractivity contribution in [3.8, 4) is 0 Å². The van der Waals surface area contributed by atoms with E-state index in [1.807, 2.05) is 25.1 Å². The molecule has 128 valence electrons. The third-order valence-electron chi connectivity index (χ3n) is 3.22. The highest BCUT2D eigenvalue weighted by Crippen LogP contribution is 2.22. The van der Waals surface area contributed by atoms with Crippen LogP contribution in [-0.4, -0.2) is 15.9 Å². The number of hydrogen-bond acceptors (Lipinski definition) is 5. The first-order valence-electron chi connectivity index (χ1n) is 7.39. The van der Waals surface area contributed by atoms with Crippen molar-refractivity contribution in [3.05, 3.63) is 64.0 Å². The number of rotatable bonds is 5. The summed E-state index contributed by atoms with van der Waals surface area (Å²) in [6, 6.07) is 9.68. The molecular formula is C17H14ClFN4OS. The molecular weight excluding hydrogens is 363 g/mol. The SMILES string of the molecule is Cc1cccc(Nc2nc(CC(=O)Nc3ccc(F)c(Cl)c3)cs2)n1. The number of pyridine rings is 1. The smallest absolute Gasteiger partial charge is 0.230 e. The van der Waals surface area contributed by atoms with Crippen LogP contribution >= 0.6 is 22.9 Å². The summed E-state index contributed by atoms with van der Waals surface area (Å²) in [4.78, 5) is 20.8. The second-order valence-corrected chi connectivity index (χ2v) is 6.55. The zero-order chi connectivity index (χ0) is 17.8. The molecule has 0 saturated carbocycles. The first-order valence-corrected chi connectivity index (χ1v) is 8.65. The fourth-order valence-electron chi connectivity index (χ4n) is 2.11. The van der Waals surface area contributed by atoms with Crippen molar-refractivity contribution >= 4 is 45.5 Å². The van der Waals surface area contributed by atoms with Crippen molar-refractivity contribution in [1.82, 2.24) is 9.97 Å². The molecule has 1 amide bonds. The van der Waals surface area contributed by atoms with E-state index in [0.29, 0.717) is 22.3 Å². The minimum Gasteiger partial charge on any atom is -0.326 e. The number of benzene rings is 1. The lowest BCUT2D eigenvalue weighted by atomic mass is 10.2. The lowest BCUT2D eigenvalue weighted by Crippen LogP contribution is -2.14. The van der Waals surface area contributed by atoms with E-state index in [4.69, 9.17) is 11.6 Å². The number of hydrogen-bond donors (Lipinski definition) is 2. The normalized spacial score (nSPS) is 10.5. The number of aryl methyl sites for hydroxylation is 1. The Morgan fingerprint density at radius 1 is 1.28 bits per heavy atom. The second kappa shape index (κ2) is 7.58. The fraction of sp³-hybridized carbons (Fsp3) is 0.118. The maximum absolute atomic E-state index is 13.1. The summed E-state index contributed by atoms with van der Waals surface area (Å²) in [5.74, 6) is -0.0841. The Bertz CT molecular complexity index is 915. The maximum Gasteiger partial charge on any atom is 0.230 e. The van der Waals surface area contributed by atoms with Gasteiger partial charge < -0.3 is 10.6 Å². The molecule has 2 heterocycles. The molecule has 1 aromatic carbocycles. The summed E-state index contributed by atoms with van der Waals surface area (Å²) in [5, 5.41) is 8.19. The summed E-state index contributed by atoms with van der Waals surface area (Å²) >= 11 is 7.09. The summed E-state index contributed by atoms with van der Waals surface area (Å²) in [6.45, 7) is 1.91. The molecule has 0 unspecified atom stereocenters. The van der Waals surface area contributed by atoms with Gasteiger partial charge in [-0.3, -0.25) is 4.79 Å². The van der Waals surface area contributed by atoms with Crippen molar-refractivity contribution in [2.75, 3.05) is 10.6 Å². The van der Waals surface area contributed by atoms with Gasteiger partial charge in [0.15, 0.2) is 5.13 Å². The van der Waals surface area contributed by atoms with E-state index < -0.39 is 5.82 Å². The van der Waals surface area contributed by atoms with Gasteiger partial charge in [0.1, 0.15) is 11.6 Å². The number of anilines is 3. The van der Waals surface area contributed by atoms with Gasteiger partial charge in [-0.05, 0) is 37.3 Å². The van der Waals surface area contributed by atoms with Gasteiger partial charge >= 0.3 is 0 Å². The van der Waals surface area contributed by atoms with E-state index in [1.54, 1.807) is 5.38 Å². The van der Waals surface area contributed by atoms with Crippen molar-refractivity contribution in [2.24, 2.45) is 0 Å². The van der Waals surface area contributed by atoms with Gasteiger partial charge in [0.25, 0.3) is 0 Å². The molecule has 8 heteroatoms. The van der Waals surface area contributed by atoms with Gasteiger partial charge in [-0.25, -0.2) is 14.4 Å². The van der Waals surface area contributed by atoms with Crippen LogP contribution in [0.3, 0.4) is 0 Å². The van der Waals surface area contributed by atoms with E-state index in [2.05, 4.69) is 20.6 Å². The van der Waals surface area contributed by atoms with Gasteiger partial charge in [-0.15, -0.1) is 11.3 Å². The van der Waals surface area contributed by atoms with Crippen LogP contribution in [0, 0.1) is 12.7 Å². The Balaban J connectivity index is 1.60. The van der Waals surface area contributed by atoms with Gasteiger partial charge in [0.05, 0.1) is 17.1 Å². The summed E-state index contributed by atoms with van der Waals surface area (Å²) in [6.07, 6.45) is 0.106. The van der Waals surface area contributed by atoms with Crippen LogP contribution in [0.15, 0.2) is 41.8 Å². The van der Waals surface area contributed by atoms with E-state index in [-0.39, 0.29) is 17.4 Å². The van der Waals surface area contributed by atoms with Crippen LogP contribution in [-0.2, 0) is 11.2 Å². The lowest BCUT2D eigenvalue weighted by Gasteiger charge is -2.05. The van der Waals surface area contributed by atoms with Gasteiger partial charge in [-0.1, -0.05) is 17.7 Å². The number of aromatic nitrogens is 2. The minimum atomic E-state index is -0.528. The molecule has 0 aliphatic carbocycles. The quantitative estimate of drug-likeness (QED) is 0.684. The summed E-state index contributed by atoms with van der Waals surface area (Å²) in [5.41, 5.74) is 1.97. The van der Waals surface area contributed by atoms with Gasteiger partial charge in [-0.2, -0.15) is 0 Å². The zero-order valence-corrected chi connectivity index (χ0v) is 14.8. The Kier molecular flexibility index (Phi) is 5.25. The molecule has 0 bridgehead atoms. The molecule has 3 rings (SSSR count). The maximum atomic E-state index is 13.1. The molecule has 0 aliphatic rings. The predicted molar refractivity (Wildman–Crippen MR) is 98.1 cm³/mol. The molecule has 2 N–H and O–H groups in total. The highest BCUT2D eigenvalue weighted by Gasteiger charge is 2.10. The number of nitrogens with zero attached hydrogens (tertiary/aromatic N) is 2. The average molecular weight is 377 g/mol.